The van der Waals surface area contributed by atoms with Crippen molar-refractivity contribution in [2.45, 2.75) is 90.3 Å². The van der Waals surface area contributed by atoms with Gasteiger partial charge in [0.25, 0.3) is 0 Å². The van der Waals surface area contributed by atoms with E-state index >= 15 is 0 Å². The van der Waals surface area contributed by atoms with Crippen molar-refractivity contribution >= 4 is 11.8 Å². The molecule has 0 aromatic heterocycles. The number of carbonyl (C=O) groups is 2. The second kappa shape index (κ2) is 7.28. The van der Waals surface area contributed by atoms with E-state index < -0.39 is 0 Å². The highest BCUT2D eigenvalue weighted by Gasteiger charge is 2.43. The maximum absolute atomic E-state index is 12.9. The molecule has 1 aliphatic heterocycles. The van der Waals surface area contributed by atoms with E-state index in [1.807, 2.05) is 25.7 Å². The standard InChI is InChI=1S/C17H30N2O2/c1-4-14-16(20)18-15(12(2)3)17(21)19(14)13-10-8-6-5-7-9-11-13/h12-15H,4-11H2,1-3H3,(H,18,20). The highest BCUT2D eigenvalue weighted by molar-refractivity contribution is 5.97. The van der Waals surface area contributed by atoms with E-state index in [1.54, 1.807) is 0 Å². The molecule has 2 aliphatic rings. The van der Waals surface area contributed by atoms with E-state index in [0.717, 1.165) is 12.8 Å². The molecule has 0 aromatic rings. The van der Waals surface area contributed by atoms with Crippen LogP contribution in [0, 0.1) is 5.92 Å². The Balaban J connectivity index is 2.21. The van der Waals surface area contributed by atoms with Crippen molar-refractivity contribution in [2.75, 3.05) is 0 Å². The third-order valence-electron chi connectivity index (χ3n) is 4.98. The second-order valence-electron chi connectivity index (χ2n) is 6.90. The Morgan fingerprint density at radius 1 is 1.10 bits per heavy atom. The van der Waals surface area contributed by atoms with E-state index in [2.05, 4.69) is 5.32 Å². The van der Waals surface area contributed by atoms with Gasteiger partial charge in [0.15, 0.2) is 0 Å². The molecule has 0 spiro atoms. The minimum Gasteiger partial charge on any atom is -0.342 e. The molecule has 1 heterocycles. The highest BCUT2D eigenvalue weighted by atomic mass is 16.2. The van der Waals surface area contributed by atoms with Gasteiger partial charge in [-0.05, 0) is 25.2 Å². The first kappa shape index (κ1) is 16.3. The first-order chi connectivity index (χ1) is 10.1. The van der Waals surface area contributed by atoms with E-state index in [9.17, 15) is 9.59 Å². The first-order valence-corrected chi connectivity index (χ1v) is 8.68. The quantitative estimate of drug-likeness (QED) is 0.870. The molecular formula is C17H30N2O2. The summed E-state index contributed by atoms with van der Waals surface area (Å²) in [5.74, 6) is 0.329. The van der Waals surface area contributed by atoms with Crippen molar-refractivity contribution in [1.82, 2.24) is 10.2 Å². The number of rotatable bonds is 3. The smallest absolute Gasteiger partial charge is 0.246 e. The van der Waals surface area contributed by atoms with Crippen LogP contribution in [0.1, 0.15) is 72.1 Å². The maximum atomic E-state index is 12.9. The van der Waals surface area contributed by atoms with E-state index in [-0.39, 0.29) is 35.9 Å². The average Bonchev–Trinajstić information content (AvgIpc) is 2.40. The number of nitrogens with zero attached hydrogens (tertiary/aromatic N) is 1. The van der Waals surface area contributed by atoms with Crippen LogP contribution < -0.4 is 5.32 Å². The summed E-state index contributed by atoms with van der Waals surface area (Å²) in [6, 6.07) is -0.349. The Kier molecular flexibility index (Phi) is 5.65. The minimum absolute atomic E-state index is 0.0397. The third kappa shape index (κ3) is 3.58. The van der Waals surface area contributed by atoms with Crippen LogP contribution in [-0.4, -0.2) is 34.8 Å². The predicted molar refractivity (Wildman–Crippen MR) is 83.8 cm³/mol. The zero-order chi connectivity index (χ0) is 15.4. The van der Waals surface area contributed by atoms with Crippen LogP contribution in [0.2, 0.25) is 0 Å². The topological polar surface area (TPSA) is 49.4 Å². The summed E-state index contributed by atoms with van der Waals surface area (Å²) in [6.07, 6.45) is 9.01. The fourth-order valence-corrected chi connectivity index (χ4v) is 3.73. The molecule has 2 fully saturated rings. The molecule has 2 unspecified atom stereocenters. The molecule has 4 heteroatoms. The van der Waals surface area contributed by atoms with Gasteiger partial charge in [0.05, 0.1) is 0 Å². The Labute approximate surface area is 128 Å². The number of amides is 2. The molecule has 120 valence electrons. The third-order valence-corrected chi connectivity index (χ3v) is 4.98. The molecule has 21 heavy (non-hydrogen) atoms. The number of piperazine rings is 1. The predicted octanol–water partition coefficient (Wildman–Crippen LogP) is 2.86. The van der Waals surface area contributed by atoms with Gasteiger partial charge >= 0.3 is 0 Å². The van der Waals surface area contributed by atoms with Crippen LogP contribution in [0.15, 0.2) is 0 Å². The van der Waals surface area contributed by atoms with Crippen molar-refractivity contribution in [3.63, 3.8) is 0 Å². The fourth-order valence-electron chi connectivity index (χ4n) is 3.73. The maximum Gasteiger partial charge on any atom is 0.246 e. The van der Waals surface area contributed by atoms with E-state index in [0.29, 0.717) is 6.42 Å². The van der Waals surface area contributed by atoms with Crippen LogP contribution in [0.25, 0.3) is 0 Å². The van der Waals surface area contributed by atoms with E-state index in [4.69, 9.17) is 0 Å². The Hall–Kier alpha value is -1.06. The van der Waals surface area contributed by atoms with Gasteiger partial charge in [0.2, 0.25) is 11.8 Å². The lowest BCUT2D eigenvalue weighted by Gasteiger charge is -2.44. The van der Waals surface area contributed by atoms with Crippen LogP contribution in [-0.2, 0) is 9.59 Å². The molecule has 0 bridgehead atoms. The summed E-state index contributed by atoms with van der Waals surface area (Å²) in [4.78, 5) is 27.2. The van der Waals surface area contributed by atoms with Crippen molar-refractivity contribution < 1.29 is 9.59 Å². The summed E-state index contributed by atoms with van der Waals surface area (Å²) in [5.41, 5.74) is 0. The molecule has 4 nitrogen and oxygen atoms in total. The Bertz CT molecular complexity index is 373. The van der Waals surface area contributed by atoms with Gasteiger partial charge in [0, 0.05) is 6.04 Å². The van der Waals surface area contributed by atoms with Crippen molar-refractivity contribution in [1.29, 1.82) is 0 Å². The lowest BCUT2D eigenvalue weighted by Crippen LogP contribution is -2.66. The molecule has 2 atom stereocenters. The van der Waals surface area contributed by atoms with Crippen molar-refractivity contribution in [2.24, 2.45) is 5.92 Å². The van der Waals surface area contributed by atoms with Crippen molar-refractivity contribution in [3.8, 4) is 0 Å². The second-order valence-corrected chi connectivity index (χ2v) is 6.90. The van der Waals surface area contributed by atoms with Gasteiger partial charge in [-0.2, -0.15) is 0 Å². The monoisotopic (exact) mass is 294 g/mol. The molecule has 1 aliphatic carbocycles. The molecule has 2 rings (SSSR count). The summed E-state index contributed by atoms with van der Waals surface area (Å²) in [7, 11) is 0. The molecule has 2 amide bonds. The van der Waals surface area contributed by atoms with Gasteiger partial charge in [-0.25, -0.2) is 0 Å². The molecular weight excluding hydrogens is 264 g/mol. The SMILES string of the molecule is CCC1C(=O)NC(C(C)C)C(=O)N1C1CCCCCCC1. The zero-order valence-corrected chi connectivity index (χ0v) is 13.7. The van der Waals surface area contributed by atoms with Gasteiger partial charge in [-0.15, -0.1) is 0 Å². The van der Waals surface area contributed by atoms with Gasteiger partial charge in [0.1, 0.15) is 12.1 Å². The average molecular weight is 294 g/mol. The summed E-state index contributed by atoms with van der Waals surface area (Å²) >= 11 is 0. The lowest BCUT2D eigenvalue weighted by molar-refractivity contribution is -0.154. The van der Waals surface area contributed by atoms with Crippen LogP contribution in [0.3, 0.4) is 0 Å². The largest absolute Gasteiger partial charge is 0.342 e. The highest BCUT2D eigenvalue weighted by Crippen LogP contribution is 2.27. The summed E-state index contributed by atoms with van der Waals surface area (Å²) < 4.78 is 0. The van der Waals surface area contributed by atoms with Gasteiger partial charge < -0.3 is 10.2 Å². The summed E-state index contributed by atoms with van der Waals surface area (Å²) in [5, 5.41) is 2.93. The van der Waals surface area contributed by atoms with Crippen molar-refractivity contribution in [3.05, 3.63) is 0 Å². The molecule has 0 aromatic carbocycles. The normalized spacial score (nSPS) is 29.2. The fraction of sp³-hybridized carbons (Fsp3) is 0.882. The lowest BCUT2D eigenvalue weighted by atomic mass is 9.90. The number of nitrogens with one attached hydrogen (secondary N) is 1. The Morgan fingerprint density at radius 3 is 2.19 bits per heavy atom. The number of carbonyl (C=O) groups excluding carboxylic acids is 2. The van der Waals surface area contributed by atoms with Gasteiger partial charge in [-0.3, -0.25) is 9.59 Å². The number of hydrogen-bond acceptors (Lipinski definition) is 2. The molecule has 0 radical (unpaired) electrons. The molecule has 1 saturated carbocycles. The van der Waals surface area contributed by atoms with E-state index in [1.165, 1.54) is 32.1 Å². The summed E-state index contributed by atoms with van der Waals surface area (Å²) in [6.45, 7) is 6.01. The first-order valence-electron chi connectivity index (χ1n) is 8.68. The van der Waals surface area contributed by atoms with Crippen LogP contribution >= 0.6 is 0 Å². The molecule has 1 N–H and O–H groups in total. The van der Waals surface area contributed by atoms with Gasteiger partial charge in [-0.1, -0.05) is 52.9 Å². The molecule has 1 saturated heterocycles. The van der Waals surface area contributed by atoms with Crippen LogP contribution in [0.4, 0.5) is 0 Å². The number of hydrogen-bond donors (Lipinski definition) is 1. The Morgan fingerprint density at radius 2 is 1.67 bits per heavy atom. The van der Waals surface area contributed by atoms with Crippen LogP contribution in [0.5, 0.6) is 0 Å². The zero-order valence-electron chi connectivity index (χ0n) is 13.7. The minimum atomic E-state index is -0.342.